The van der Waals surface area contributed by atoms with Crippen LogP contribution in [-0.2, 0) is 12.8 Å². The van der Waals surface area contributed by atoms with Crippen molar-refractivity contribution in [1.29, 1.82) is 0 Å². The van der Waals surface area contributed by atoms with Gasteiger partial charge in [-0.1, -0.05) is 54.6 Å². The lowest BCUT2D eigenvalue weighted by Gasteiger charge is -2.20. The minimum atomic E-state index is 0. The Morgan fingerprint density at radius 1 is 0.917 bits per heavy atom. The van der Waals surface area contributed by atoms with Gasteiger partial charge in [-0.3, -0.25) is 0 Å². The summed E-state index contributed by atoms with van der Waals surface area (Å²) in [5, 5.41) is 0. The molecule has 1 saturated heterocycles. The fourth-order valence-electron chi connectivity index (χ4n) is 4.25. The van der Waals surface area contributed by atoms with E-state index in [2.05, 4.69) is 61.7 Å². The molecule has 2 aliphatic rings. The average molecular weight is 340 g/mol. The topological polar surface area (TPSA) is 4.44 Å². The Kier molecular flexibility index (Phi) is 5.43. The first-order chi connectivity index (χ1) is 11.3. The number of aryl methyl sites for hydroxylation is 1. The van der Waals surface area contributed by atoms with Gasteiger partial charge in [0.2, 0.25) is 0 Å². The molecule has 2 aromatic rings. The maximum Gasteiger partial charge on any atom is 0.0834 e. The molecule has 2 atom stereocenters. The van der Waals surface area contributed by atoms with E-state index in [1.807, 2.05) is 0 Å². The highest BCUT2D eigenvalue weighted by Crippen LogP contribution is 2.31. The highest BCUT2D eigenvalue weighted by molar-refractivity contribution is 5.70. The van der Waals surface area contributed by atoms with Gasteiger partial charge in [0.1, 0.15) is 0 Å². The second-order valence-electron chi connectivity index (χ2n) is 7.25. The fraction of sp³-hybridized carbons (Fsp3) is 0.364. The molecule has 0 bridgehead atoms. The van der Waals surface area contributed by atoms with Gasteiger partial charge in [0.25, 0.3) is 0 Å². The van der Waals surface area contributed by atoms with Gasteiger partial charge in [0.15, 0.2) is 0 Å². The fourth-order valence-corrected chi connectivity index (χ4v) is 4.25. The van der Waals surface area contributed by atoms with Gasteiger partial charge < -0.3 is 17.3 Å². The third kappa shape index (κ3) is 3.58. The second kappa shape index (κ2) is 7.55. The molecule has 1 heterocycles. The third-order valence-corrected chi connectivity index (χ3v) is 5.52. The Bertz CT molecular complexity index is 734. The van der Waals surface area contributed by atoms with E-state index in [1.54, 1.807) is 10.5 Å². The molecule has 0 aromatic heterocycles. The molecule has 1 aliphatic heterocycles. The molecule has 2 unspecified atom stereocenters. The molecular formula is C22H26ClN. The van der Waals surface area contributed by atoms with Crippen LogP contribution in [0, 0.1) is 5.92 Å². The minimum Gasteiger partial charge on any atom is -1.00 e. The smallest absolute Gasteiger partial charge is 0.0834 e. The number of likely N-dealkylation sites (tertiary alicyclic amines) is 1. The maximum absolute atomic E-state index is 2.60. The highest BCUT2D eigenvalue weighted by Gasteiger charge is 2.23. The van der Waals surface area contributed by atoms with Crippen molar-refractivity contribution in [2.24, 2.45) is 5.92 Å². The normalized spacial score (nSPS) is 24.5. The van der Waals surface area contributed by atoms with Crippen molar-refractivity contribution >= 4 is 5.57 Å². The van der Waals surface area contributed by atoms with Crippen LogP contribution in [0.15, 0.2) is 54.6 Å². The largest absolute Gasteiger partial charge is 1.00 e. The van der Waals surface area contributed by atoms with Crippen LogP contribution in [0.5, 0.6) is 0 Å². The molecule has 0 radical (unpaired) electrons. The van der Waals surface area contributed by atoms with E-state index in [1.165, 1.54) is 54.6 Å². The lowest BCUT2D eigenvalue weighted by Crippen LogP contribution is -3.07. The Labute approximate surface area is 151 Å². The van der Waals surface area contributed by atoms with Gasteiger partial charge >= 0.3 is 0 Å². The second-order valence-corrected chi connectivity index (χ2v) is 7.25. The van der Waals surface area contributed by atoms with Crippen molar-refractivity contribution < 1.29 is 17.3 Å². The third-order valence-electron chi connectivity index (χ3n) is 5.52. The van der Waals surface area contributed by atoms with E-state index in [4.69, 9.17) is 0 Å². The van der Waals surface area contributed by atoms with Gasteiger partial charge in [-0.05, 0) is 47.1 Å². The first kappa shape index (κ1) is 17.3. The van der Waals surface area contributed by atoms with Gasteiger partial charge in [-0.15, -0.1) is 0 Å². The maximum atomic E-state index is 2.60. The Hall–Kier alpha value is -1.57. The van der Waals surface area contributed by atoms with Gasteiger partial charge in [0.05, 0.1) is 20.1 Å². The molecule has 126 valence electrons. The molecular weight excluding hydrogens is 314 g/mol. The number of nitrogens with one attached hydrogen (secondary N) is 1. The van der Waals surface area contributed by atoms with Crippen LogP contribution in [-0.4, -0.2) is 20.1 Å². The quantitative estimate of drug-likeness (QED) is 0.754. The molecule has 2 heteroatoms. The summed E-state index contributed by atoms with van der Waals surface area (Å²) in [5.74, 6) is 0.757. The molecule has 2 aromatic carbocycles. The monoisotopic (exact) mass is 339 g/mol. The number of benzene rings is 2. The SMILES string of the molecule is C[NH+]1CCC(/C=C2/CCc3ccccc3Cc3ccccc32)C1.[Cl-]. The van der Waals surface area contributed by atoms with Crippen LogP contribution in [0.3, 0.4) is 0 Å². The number of fused-ring (bicyclic) bond motifs is 2. The zero-order chi connectivity index (χ0) is 15.6. The minimum absolute atomic E-state index is 0. The standard InChI is InChI=1S/C22H25N.ClH/c1-23-13-12-17(16-23)14-21-11-10-18-6-2-3-7-19(18)15-20-8-4-5-9-22(20)21;/h2-9,14,17H,10-13,15-16H2,1H3;1H/b21-14-;. The van der Waals surface area contributed by atoms with E-state index in [-0.39, 0.29) is 12.4 Å². The average Bonchev–Trinajstić information content (AvgIpc) is 2.97. The lowest BCUT2D eigenvalue weighted by molar-refractivity contribution is -0.867. The van der Waals surface area contributed by atoms with Gasteiger partial charge in [0, 0.05) is 12.3 Å². The summed E-state index contributed by atoms with van der Waals surface area (Å²) in [4.78, 5) is 1.68. The molecule has 0 amide bonds. The lowest BCUT2D eigenvalue weighted by atomic mass is 9.84. The zero-order valence-corrected chi connectivity index (χ0v) is 15.2. The van der Waals surface area contributed by atoms with Crippen molar-refractivity contribution in [1.82, 2.24) is 0 Å². The van der Waals surface area contributed by atoms with Crippen molar-refractivity contribution in [2.45, 2.75) is 25.7 Å². The predicted octanol–water partition coefficient (Wildman–Crippen LogP) is 0.146. The van der Waals surface area contributed by atoms with E-state index < -0.39 is 0 Å². The van der Waals surface area contributed by atoms with E-state index in [0.717, 1.165) is 12.3 Å². The molecule has 0 saturated carbocycles. The summed E-state index contributed by atoms with van der Waals surface area (Å²) in [6.07, 6.45) is 7.35. The highest BCUT2D eigenvalue weighted by atomic mass is 35.5. The van der Waals surface area contributed by atoms with Crippen LogP contribution in [0.1, 0.15) is 35.1 Å². The number of hydrogen-bond donors (Lipinski definition) is 1. The van der Waals surface area contributed by atoms with E-state index in [0.29, 0.717) is 0 Å². The van der Waals surface area contributed by atoms with Crippen LogP contribution in [0.4, 0.5) is 0 Å². The summed E-state index contributed by atoms with van der Waals surface area (Å²) in [6.45, 7) is 2.61. The van der Waals surface area contributed by atoms with Crippen molar-refractivity contribution in [3.8, 4) is 0 Å². The molecule has 4 rings (SSSR count). The van der Waals surface area contributed by atoms with E-state index in [9.17, 15) is 0 Å². The van der Waals surface area contributed by atoms with Crippen molar-refractivity contribution in [2.75, 3.05) is 20.1 Å². The van der Waals surface area contributed by atoms with E-state index >= 15 is 0 Å². The molecule has 0 spiro atoms. The number of rotatable bonds is 1. The summed E-state index contributed by atoms with van der Waals surface area (Å²) < 4.78 is 0. The number of allylic oxidation sites excluding steroid dienone is 1. The first-order valence-electron chi connectivity index (χ1n) is 8.96. The first-order valence-corrected chi connectivity index (χ1v) is 8.96. The van der Waals surface area contributed by atoms with Crippen molar-refractivity contribution in [3.63, 3.8) is 0 Å². The molecule has 1 nitrogen and oxygen atoms in total. The van der Waals surface area contributed by atoms with Crippen LogP contribution in [0.25, 0.3) is 5.57 Å². The van der Waals surface area contributed by atoms with Gasteiger partial charge in [-0.25, -0.2) is 0 Å². The predicted molar refractivity (Wildman–Crippen MR) is 96.7 cm³/mol. The molecule has 1 aliphatic carbocycles. The summed E-state index contributed by atoms with van der Waals surface area (Å²) in [6, 6.07) is 18.0. The Morgan fingerprint density at radius 3 is 2.38 bits per heavy atom. The summed E-state index contributed by atoms with van der Waals surface area (Å²) in [7, 11) is 2.32. The van der Waals surface area contributed by atoms with Crippen LogP contribution in [0.2, 0.25) is 0 Å². The Morgan fingerprint density at radius 2 is 1.62 bits per heavy atom. The zero-order valence-electron chi connectivity index (χ0n) is 14.4. The van der Waals surface area contributed by atoms with Crippen LogP contribution < -0.4 is 17.3 Å². The number of hydrogen-bond acceptors (Lipinski definition) is 0. The molecule has 24 heavy (non-hydrogen) atoms. The van der Waals surface area contributed by atoms with Crippen molar-refractivity contribution in [3.05, 3.63) is 76.9 Å². The summed E-state index contributed by atoms with van der Waals surface area (Å²) in [5.41, 5.74) is 7.59. The molecule has 1 N–H and O–H groups in total. The number of quaternary nitrogens is 1. The Balaban J connectivity index is 0.00000169. The van der Waals surface area contributed by atoms with Crippen LogP contribution >= 0.6 is 0 Å². The number of halogens is 1. The molecule has 1 fully saturated rings. The summed E-state index contributed by atoms with van der Waals surface area (Å²) >= 11 is 0. The van der Waals surface area contributed by atoms with Gasteiger partial charge in [-0.2, -0.15) is 0 Å².